The Bertz CT molecular complexity index is 415. The highest BCUT2D eigenvalue weighted by molar-refractivity contribution is 6.30. The molecule has 0 aliphatic rings. The molecule has 0 heterocycles. The van der Waals surface area contributed by atoms with Crippen molar-refractivity contribution >= 4 is 23.3 Å². The molecule has 18 heavy (non-hydrogen) atoms. The average molecular weight is 275 g/mol. The molecule has 1 aromatic rings. The Morgan fingerprint density at radius 3 is 2.89 bits per heavy atom. The molecule has 0 spiro atoms. The minimum Gasteiger partial charge on any atom is -0.393 e. The van der Waals surface area contributed by atoms with Crippen molar-refractivity contribution in [3.05, 3.63) is 29.0 Å². The molecular weight excluding hydrogens is 259 g/mol. The van der Waals surface area contributed by atoms with Gasteiger partial charge in [0.25, 0.3) is 0 Å². The third-order valence-corrected chi connectivity index (χ3v) is 2.72. The van der Waals surface area contributed by atoms with Gasteiger partial charge >= 0.3 is 6.03 Å². The highest BCUT2D eigenvalue weighted by atomic mass is 35.5. The Labute approximate surface area is 110 Å². The van der Waals surface area contributed by atoms with Crippen LogP contribution < -0.4 is 10.6 Å². The second-order valence-corrected chi connectivity index (χ2v) is 4.27. The van der Waals surface area contributed by atoms with Gasteiger partial charge in [0.1, 0.15) is 5.82 Å². The van der Waals surface area contributed by atoms with Crippen LogP contribution in [-0.4, -0.2) is 23.8 Å². The lowest BCUT2D eigenvalue weighted by molar-refractivity contribution is 0.160. The third-order valence-electron chi connectivity index (χ3n) is 2.41. The number of carbonyl (C=O) groups is 1. The average Bonchev–Trinajstić information content (AvgIpc) is 2.33. The molecule has 1 atom stereocenters. The second-order valence-electron chi connectivity index (χ2n) is 3.86. The zero-order valence-electron chi connectivity index (χ0n) is 10.0. The number of aliphatic hydroxyl groups excluding tert-OH is 1. The molecule has 0 saturated heterocycles. The van der Waals surface area contributed by atoms with Crippen LogP contribution >= 0.6 is 11.6 Å². The quantitative estimate of drug-likeness (QED) is 0.773. The van der Waals surface area contributed by atoms with Crippen molar-refractivity contribution in [3.8, 4) is 0 Å². The van der Waals surface area contributed by atoms with E-state index >= 15 is 0 Å². The number of nitrogens with one attached hydrogen (secondary N) is 2. The first-order valence-electron chi connectivity index (χ1n) is 5.71. The lowest BCUT2D eigenvalue weighted by Gasteiger charge is -2.10. The van der Waals surface area contributed by atoms with Gasteiger partial charge in [-0.2, -0.15) is 0 Å². The zero-order valence-corrected chi connectivity index (χ0v) is 10.8. The van der Waals surface area contributed by atoms with E-state index in [0.29, 0.717) is 25.1 Å². The Morgan fingerprint density at radius 2 is 2.28 bits per heavy atom. The smallest absolute Gasteiger partial charge is 0.319 e. The summed E-state index contributed by atoms with van der Waals surface area (Å²) in [5.74, 6) is -0.587. The first-order valence-corrected chi connectivity index (χ1v) is 6.08. The summed E-state index contributed by atoms with van der Waals surface area (Å²) in [5.41, 5.74) is 0.324. The van der Waals surface area contributed by atoms with Crippen molar-refractivity contribution in [1.82, 2.24) is 5.32 Å². The molecule has 1 aromatic carbocycles. The van der Waals surface area contributed by atoms with Crippen LogP contribution in [0.15, 0.2) is 18.2 Å². The second kappa shape index (κ2) is 7.18. The molecule has 0 aliphatic heterocycles. The molecule has 0 radical (unpaired) electrons. The SMILES string of the molecule is CCC(O)CCNC(=O)Nc1ccc(Cl)c(F)c1. The van der Waals surface area contributed by atoms with E-state index in [1.54, 1.807) is 0 Å². The van der Waals surface area contributed by atoms with Crippen molar-refractivity contribution in [3.63, 3.8) is 0 Å². The molecule has 0 aliphatic carbocycles. The lowest BCUT2D eigenvalue weighted by Crippen LogP contribution is -2.31. The predicted octanol–water partition coefficient (Wildman–Crippen LogP) is 2.76. The van der Waals surface area contributed by atoms with Gasteiger partial charge in [-0.05, 0) is 31.0 Å². The molecule has 1 unspecified atom stereocenters. The fourth-order valence-electron chi connectivity index (χ4n) is 1.31. The van der Waals surface area contributed by atoms with Crippen LogP contribution in [0, 0.1) is 5.82 Å². The molecule has 100 valence electrons. The van der Waals surface area contributed by atoms with Crippen LogP contribution in [0.1, 0.15) is 19.8 Å². The Hall–Kier alpha value is -1.33. The maximum Gasteiger partial charge on any atom is 0.319 e. The number of hydrogen-bond acceptors (Lipinski definition) is 2. The minimum absolute atomic E-state index is 0.00651. The van der Waals surface area contributed by atoms with E-state index in [1.165, 1.54) is 12.1 Å². The molecule has 4 nitrogen and oxygen atoms in total. The lowest BCUT2D eigenvalue weighted by atomic mass is 10.2. The molecule has 0 fully saturated rings. The van der Waals surface area contributed by atoms with Crippen LogP contribution in [0.25, 0.3) is 0 Å². The van der Waals surface area contributed by atoms with E-state index in [4.69, 9.17) is 11.6 Å². The van der Waals surface area contributed by atoms with Crippen LogP contribution in [0.4, 0.5) is 14.9 Å². The van der Waals surface area contributed by atoms with E-state index in [2.05, 4.69) is 10.6 Å². The number of halogens is 2. The number of hydrogen-bond donors (Lipinski definition) is 3. The summed E-state index contributed by atoms with van der Waals surface area (Å²) in [6.07, 6.45) is 0.711. The highest BCUT2D eigenvalue weighted by Gasteiger charge is 2.06. The van der Waals surface area contributed by atoms with Gasteiger partial charge in [0, 0.05) is 12.2 Å². The molecule has 0 aromatic heterocycles. The molecule has 2 amide bonds. The van der Waals surface area contributed by atoms with E-state index in [1.807, 2.05) is 6.92 Å². The van der Waals surface area contributed by atoms with Gasteiger partial charge in [-0.1, -0.05) is 18.5 Å². The number of carbonyl (C=O) groups excluding carboxylic acids is 1. The van der Waals surface area contributed by atoms with Gasteiger partial charge in [-0.3, -0.25) is 0 Å². The number of benzene rings is 1. The van der Waals surface area contributed by atoms with Crippen LogP contribution in [0.2, 0.25) is 5.02 Å². The standard InChI is InChI=1S/C12H16ClFN2O2/c1-2-9(17)5-6-15-12(18)16-8-3-4-10(13)11(14)7-8/h3-4,7,9,17H,2,5-6H2,1H3,(H2,15,16,18). The van der Waals surface area contributed by atoms with Gasteiger partial charge in [0.15, 0.2) is 0 Å². The van der Waals surface area contributed by atoms with Crippen molar-refractivity contribution in [1.29, 1.82) is 0 Å². The minimum atomic E-state index is -0.587. The zero-order chi connectivity index (χ0) is 13.5. The predicted molar refractivity (Wildman–Crippen MR) is 69.3 cm³/mol. The van der Waals surface area contributed by atoms with Gasteiger partial charge < -0.3 is 15.7 Å². The van der Waals surface area contributed by atoms with E-state index in [9.17, 15) is 14.3 Å². The van der Waals surface area contributed by atoms with Crippen molar-refractivity contribution in [2.24, 2.45) is 0 Å². The maximum atomic E-state index is 13.1. The largest absolute Gasteiger partial charge is 0.393 e. The summed E-state index contributed by atoms with van der Waals surface area (Å²) in [6, 6.07) is 3.57. The summed E-state index contributed by atoms with van der Waals surface area (Å²) in [5, 5.41) is 14.3. The van der Waals surface area contributed by atoms with Crippen molar-refractivity contribution in [2.45, 2.75) is 25.9 Å². The van der Waals surface area contributed by atoms with Gasteiger partial charge in [0.2, 0.25) is 0 Å². The molecule has 3 N–H and O–H groups in total. The van der Waals surface area contributed by atoms with E-state index in [-0.39, 0.29) is 5.02 Å². The summed E-state index contributed by atoms with van der Waals surface area (Å²) < 4.78 is 13.1. The molecular formula is C12H16ClFN2O2. The maximum absolute atomic E-state index is 13.1. The monoisotopic (exact) mass is 274 g/mol. The fourth-order valence-corrected chi connectivity index (χ4v) is 1.42. The normalized spacial score (nSPS) is 12.0. The summed E-state index contributed by atoms with van der Waals surface area (Å²) in [4.78, 5) is 11.4. The summed E-state index contributed by atoms with van der Waals surface area (Å²) >= 11 is 5.52. The number of anilines is 1. The first kappa shape index (κ1) is 14.7. The van der Waals surface area contributed by atoms with Crippen molar-refractivity contribution in [2.75, 3.05) is 11.9 Å². The summed E-state index contributed by atoms with van der Waals surface area (Å²) in [7, 11) is 0. The molecule has 1 rings (SSSR count). The Morgan fingerprint density at radius 1 is 1.56 bits per heavy atom. The topological polar surface area (TPSA) is 61.4 Å². The fraction of sp³-hybridized carbons (Fsp3) is 0.417. The molecule has 0 bridgehead atoms. The highest BCUT2D eigenvalue weighted by Crippen LogP contribution is 2.18. The Kier molecular flexibility index (Phi) is 5.88. The van der Waals surface area contributed by atoms with Gasteiger partial charge in [-0.25, -0.2) is 9.18 Å². The number of urea groups is 1. The van der Waals surface area contributed by atoms with E-state index in [0.717, 1.165) is 6.07 Å². The van der Waals surface area contributed by atoms with Gasteiger partial charge in [-0.15, -0.1) is 0 Å². The number of rotatable bonds is 5. The Balaban J connectivity index is 2.38. The third kappa shape index (κ3) is 4.89. The van der Waals surface area contributed by atoms with Crippen LogP contribution in [0.5, 0.6) is 0 Å². The van der Waals surface area contributed by atoms with Crippen LogP contribution in [-0.2, 0) is 0 Å². The summed E-state index contributed by atoms with van der Waals surface area (Å²) in [6.45, 7) is 2.22. The number of amides is 2. The van der Waals surface area contributed by atoms with Crippen LogP contribution in [0.3, 0.4) is 0 Å². The molecule has 6 heteroatoms. The molecule has 0 saturated carbocycles. The van der Waals surface area contributed by atoms with E-state index < -0.39 is 18.0 Å². The number of aliphatic hydroxyl groups is 1. The van der Waals surface area contributed by atoms with Crippen molar-refractivity contribution < 1.29 is 14.3 Å². The van der Waals surface area contributed by atoms with Gasteiger partial charge in [0.05, 0.1) is 11.1 Å². The first-order chi connectivity index (χ1) is 8.52.